The van der Waals surface area contributed by atoms with Gasteiger partial charge in [-0.05, 0) is 6.07 Å². The fraction of sp³-hybridized carbons (Fsp3) is 0.400. The van der Waals surface area contributed by atoms with Crippen LogP contribution < -0.4 is 5.73 Å². The van der Waals surface area contributed by atoms with Gasteiger partial charge in [0, 0.05) is 29.7 Å². The molecule has 1 rings (SSSR count). The summed E-state index contributed by atoms with van der Waals surface area (Å²) in [4.78, 5) is 10.1. The van der Waals surface area contributed by atoms with Gasteiger partial charge in [0.15, 0.2) is 0 Å². The molecule has 82 valence electrons. The summed E-state index contributed by atoms with van der Waals surface area (Å²) in [6.07, 6.45) is 0. The molecule has 0 aromatic heterocycles. The summed E-state index contributed by atoms with van der Waals surface area (Å²) in [5.41, 5.74) is 5.54. The first-order valence-electron chi connectivity index (χ1n) is 4.56. The molecule has 0 saturated carbocycles. The second-order valence-corrected chi connectivity index (χ2v) is 4.05. The Balaban J connectivity index is 3.28. The molecule has 0 amide bonds. The van der Waals surface area contributed by atoms with Crippen molar-refractivity contribution in [3.8, 4) is 5.75 Å². The van der Waals surface area contributed by atoms with E-state index in [0.29, 0.717) is 12.1 Å². The zero-order valence-corrected chi connectivity index (χ0v) is 8.73. The number of aromatic hydroxyl groups is 1. The largest absolute Gasteiger partial charge is 0.508 e. The zero-order valence-electron chi connectivity index (χ0n) is 8.73. The van der Waals surface area contributed by atoms with Gasteiger partial charge in [-0.15, -0.1) is 0 Å². The first-order valence-corrected chi connectivity index (χ1v) is 4.56. The van der Waals surface area contributed by atoms with Crippen molar-refractivity contribution in [1.29, 1.82) is 0 Å². The van der Waals surface area contributed by atoms with Gasteiger partial charge in [-0.1, -0.05) is 13.8 Å². The maximum absolute atomic E-state index is 10.6. The van der Waals surface area contributed by atoms with E-state index < -0.39 is 10.3 Å². The highest BCUT2D eigenvalue weighted by molar-refractivity contribution is 5.46. The third-order valence-electron chi connectivity index (χ3n) is 2.43. The van der Waals surface area contributed by atoms with Crippen molar-refractivity contribution >= 4 is 5.69 Å². The highest BCUT2D eigenvalue weighted by Gasteiger charge is 2.24. The van der Waals surface area contributed by atoms with E-state index in [2.05, 4.69) is 0 Å². The molecular weight excluding hydrogens is 196 g/mol. The Kier molecular flexibility index (Phi) is 2.95. The number of rotatable bonds is 3. The molecule has 0 spiro atoms. The molecule has 0 bridgehead atoms. The number of hydrogen-bond acceptors (Lipinski definition) is 4. The number of nitrogens with zero attached hydrogens (tertiary/aromatic N) is 1. The highest BCUT2D eigenvalue weighted by Crippen LogP contribution is 2.32. The predicted molar refractivity (Wildman–Crippen MR) is 56.8 cm³/mol. The Labute approximate surface area is 87.7 Å². The number of phenolic OH excluding ortho intramolecular Hbond substituents is 1. The van der Waals surface area contributed by atoms with Gasteiger partial charge in [0.05, 0.1) is 4.92 Å². The molecule has 0 atom stereocenters. The molecule has 5 heteroatoms. The lowest BCUT2D eigenvalue weighted by atomic mass is 9.84. The Bertz CT molecular complexity index is 388. The van der Waals surface area contributed by atoms with Crippen LogP contribution in [0, 0.1) is 10.1 Å². The highest BCUT2D eigenvalue weighted by atomic mass is 16.6. The van der Waals surface area contributed by atoms with Gasteiger partial charge in [-0.25, -0.2) is 0 Å². The van der Waals surface area contributed by atoms with Crippen molar-refractivity contribution in [3.63, 3.8) is 0 Å². The van der Waals surface area contributed by atoms with Crippen molar-refractivity contribution in [2.75, 3.05) is 6.54 Å². The lowest BCUT2D eigenvalue weighted by Gasteiger charge is -2.23. The smallest absolute Gasteiger partial charge is 0.269 e. The summed E-state index contributed by atoms with van der Waals surface area (Å²) < 4.78 is 0. The van der Waals surface area contributed by atoms with Crippen LogP contribution in [0.5, 0.6) is 5.75 Å². The lowest BCUT2D eigenvalue weighted by molar-refractivity contribution is -0.385. The van der Waals surface area contributed by atoms with E-state index in [0.717, 1.165) is 0 Å². The van der Waals surface area contributed by atoms with Crippen molar-refractivity contribution in [2.24, 2.45) is 5.73 Å². The number of nitro benzene ring substituents is 1. The monoisotopic (exact) mass is 210 g/mol. The van der Waals surface area contributed by atoms with Gasteiger partial charge >= 0.3 is 0 Å². The number of phenols is 1. The molecule has 0 saturated heterocycles. The maximum Gasteiger partial charge on any atom is 0.269 e. The van der Waals surface area contributed by atoms with Gasteiger partial charge in [0.2, 0.25) is 0 Å². The second kappa shape index (κ2) is 3.86. The average molecular weight is 210 g/mol. The van der Waals surface area contributed by atoms with Crippen molar-refractivity contribution in [1.82, 2.24) is 0 Å². The Morgan fingerprint density at radius 3 is 2.60 bits per heavy atom. The summed E-state index contributed by atoms with van der Waals surface area (Å²) in [5, 5.41) is 20.2. The van der Waals surface area contributed by atoms with E-state index >= 15 is 0 Å². The molecule has 0 aliphatic carbocycles. The fourth-order valence-electron chi connectivity index (χ4n) is 1.29. The minimum atomic E-state index is -0.491. The number of nitrogens with two attached hydrogens (primary N) is 1. The maximum atomic E-state index is 10.6. The van der Waals surface area contributed by atoms with Gasteiger partial charge in [-0.2, -0.15) is 0 Å². The predicted octanol–water partition coefficient (Wildman–Crippen LogP) is 1.54. The van der Waals surface area contributed by atoms with Crippen LogP contribution in [0.25, 0.3) is 0 Å². The molecular formula is C10H14N2O3. The molecule has 5 nitrogen and oxygen atoms in total. The molecule has 0 aliphatic rings. The first-order chi connectivity index (χ1) is 6.88. The quantitative estimate of drug-likeness (QED) is 0.584. The molecule has 0 fully saturated rings. The van der Waals surface area contributed by atoms with Crippen molar-refractivity contribution in [3.05, 3.63) is 33.9 Å². The van der Waals surface area contributed by atoms with E-state index in [-0.39, 0.29) is 11.4 Å². The number of benzene rings is 1. The molecule has 1 aromatic rings. The van der Waals surface area contributed by atoms with Gasteiger partial charge in [0.25, 0.3) is 5.69 Å². The summed E-state index contributed by atoms with van der Waals surface area (Å²) in [6.45, 7) is 3.96. The lowest BCUT2D eigenvalue weighted by Crippen LogP contribution is -2.28. The Morgan fingerprint density at radius 1 is 1.53 bits per heavy atom. The third kappa shape index (κ3) is 2.24. The van der Waals surface area contributed by atoms with Gasteiger partial charge in [0.1, 0.15) is 5.75 Å². The van der Waals surface area contributed by atoms with Crippen LogP contribution >= 0.6 is 0 Å². The molecule has 1 aromatic carbocycles. The molecule has 0 heterocycles. The zero-order chi connectivity index (χ0) is 11.6. The van der Waals surface area contributed by atoms with Crippen LogP contribution in [0.4, 0.5) is 5.69 Å². The van der Waals surface area contributed by atoms with Crippen LogP contribution in [0.3, 0.4) is 0 Å². The van der Waals surface area contributed by atoms with E-state index in [1.165, 1.54) is 18.2 Å². The van der Waals surface area contributed by atoms with Crippen LogP contribution in [0.1, 0.15) is 19.4 Å². The van der Waals surface area contributed by atoms with E-state index in [1.807, 2.05) is 13.8 Å². The summed E-state index contributed by atoms with van der Waals surface area (Å²) in [5.74, 6) is 0.0380. The molecule has 15 heavy (non-hydrogen) atoms. The summed E-state index contributed by atoms with van der Waals surface area (Å²) in [7, 11) is 0. The van der Waals surface area contributed by atoms with Crippen LogP contribution in [0.2, 0.25) is 0 Å². The minimum absolute atomic E-state index is 0.0377. The summed E-state index contributed by atoms with van der Waals surface area (Å²) in [6, 6.07) is 3.96. The molecule has 0 aliphatic heterocycles. The van der Waals surface area contributed by atoms with Crippen molar-refractivity contribution < 1.29 is 10.0 Å². The first kappa shape index (κ1) is 11.5. The van der Waals surface area contributed by atoms with Crippen LogP contribution in [-0.2, 0) is 5.41 Å². The topological polar surface area (TPSA) is 89.4 Å². The van der Waals surface area contributed by atoms with E-state index in [1.54, 1.807) is 0 Å². The SMILES string of the molecule is CC(C)(CN)c1cc([N+](=O)[O-])ccc1O. The standard InChI is InChI=1S/C10H14N2O3/c1-10(2,6-11)8-5-7(12(14)15)3-4-9(8)13/h3-5,13H,6,11H2,1-2H3. The summed E-state index contributed by atoms with van der Waals surface area (Å²) >= 11 is 0. The average Bonchev–Trinajstić information content (AvgIpc) is 2.17. The Hall–Kier alpha value is -1.62. The van der Waals surface area contributed by atoms with Gasteiger partial charge < -0.3 is 10.8 Å². The molecule has 0 unspecified atom stereocenters. The minimum Gasteiger partial charge on any atom is -0.508 e. The number of non-ortho nitro benzene ring substituents is 1. The fourth-order valence-corrected chi connectivity index (χ4v) is 1.29. The van der Waals surface area contributed by atoms with Gasteiger partial charge in [-0.3, -0.25) is 10.1 Å². The Morgan fingerprint density at radius 2 is 2.13 bits per heavy atom. The van der Waals surface area contributed by atoms with E-state index in [9.17, 15) is 15.2 Å². The van der Waals surface area contributed by atoms with Crippen LogP contribution in [0.15, 0.2) is 18.2 Å². The second-order valence-electron chi connectivity index (χ2n) is 4.05. The molecule has 0 radical (unpaired) electrons. The van der Waals surface area contributed by atoms with E-state index in [4.69, 9.17) is 5.73 Å². The molecule has 3 N–H and O–H groups in total. The number of nitro groups is 1. The normalized spacial score (nSPS) is 11.4. The van der Waals surface area contributed by atoms with Crippen LogP contribution in [-0.4, -0.2) is 16.6 Å². The van der Waals surface area contributed by atoms with Crippen molar-refractivity contribution in [2.45, 2.75) is 19.3 Å². The third-order valence-corrected chi connectivity index (χ3v) is 2.43. The number of hydrogen-bond donors (Lipinski definition) is 2.